The maximum atomic E-state index is 16.0. The highest BCUT2D eigenvalue weighted by molar-refractivity contribution is 7.92. The van der Waals surface area contributed by atoms with Crippen molar-refractivity contribution in [2.24, 2.45) is 0 Å². The zero-order valence-corrected chi connectivity index (χ0v) is 25.3. The lowest BCUT2D eigenvalue weighted by molar-refractivity contribution is -0.127. The van der Waals surface area contributed by atoms with Crippen molar-refractivity contribution in [2.75, 3.05) is 29.7 Å². The number of hydrogen-bond acceptors (Lipinski definition) is 8. The Labute approximate surface area is 251 Å². The van der Waals surface area contributed by atoms with Crippen LogP contribution in [0.2, 0.25) is 0 Å². The second kappa shape index (κ2) is 11.9. The molecule has 3 heterocycles. The van der Waals surface area contributed by atoms with Gasteiger partial charge in [0, 0.05) is 43.2 Å². The van der Waals surface area contributed by atoms with Crippen LogP contribution in [-0.4, -0.2) is 53.8 Å². The van der Waals surface area contributed by atoms with E-state index in [1.165, 1.54) is 29.5 Å². The Balaban J connectivity index is 1.49. The number of hydrogen-bond donors (Lipinski definition) is 2. The first-order chi connectivity index (χ1) is 20.3. The van der Waals surface area contributed by atoms with Crippen LogP contribution in [0, 0.1) is 17.5 Å². The minimum Gasteiger partial charge on any atom is -0.352 e. The third-order valence-electron chi connectivity index (χ3n) is 6.67. The number of carbonyl (C=O) groups excluding carboxylic acids is 1. The van der Waals surface area contributed by atoms with Gasteiger partial charge < -0.3 is 10.2 Å². The summed E-state index contributed by atoms with van der Waals surface area (Å²) in [5.41, 5.74) is -0.178. The van der Waals surface area contributed by atoms with E-state index in [0.717, 1.165) is 19.0 Å². The Hall–Kier alpha value is -4.04. The van der Waals surface area contributed by atoms with Crippen molar-refractivity contribution in [1.82, 2.24) is 19.9 Å². The van der Waals surface area contributed by atoms with Crippen molar-refractivity contribution in [3.05, 3.63) is 71.1 Å². The summed E-state index contributed by atoms with van der Waals surface area (Å²) in [7, 11) is -4.67. The molecule has 4 aromatic rings. The smallest absolute Gasteiger partial charge is 0.265 e. The lowest BCUT2D eigenvalue weighted by Crippen LogP contribution is -2.30. The van der Waals surface area contributed by atoms with Gasteiger partial charge in [-0.1, -0.05) is 26.8 Å². The largest absolute Gasteiger partial charge is 0.352 e. The molecule has 1 amide bonds. The molecule has 2 N–H and O–H groups in total. The first-order valence-corrected chi connectivity index (χ1v) is 15.8. The topological polar surface area (TPSA) is 117 Å². The summed E-state index contributed by atoms with van der Waals surface area (Å²) in [5, 5.41) is 3.81. The van der Waals surface area contributed by atoms with Crippen LogP contribution in [0.5, 0.6) is 0 Å². The van der Waals surface area contributed by atoms with Crippen molar-refractivity contribution in [3.63, 3.8) is 0 Å². The van der Waals surface area contributed by atoms with Crippen molar-refractivity contribution in [3.8, 4) is 21.8 Å². The molecule has 9 nitrogen and oxygen atoms in total. The van der Waals surface area contributed by atoms with Gasteiger partial charge in [-0.15, -0.1) is 11.3 Å². The van der Waals surface area contributed by atoms with Crippen molar-refractivity contribution in [2.45, 2.75) is 43.9 Å². The van der Waals surface area contributed by atoms with Crippen LogP contribution in [0.4, 0.5) is 24.8 Å². The van der Waals surface area contributed by atoms with Crippen molar-refractivity contribution >= 4 is 38.9 Å². The summed E-state index contributed by atoms with van der Waals surface area (Å²) < 4.78 is 71.8. The van der Waals surface area contributed by atoms with Crippen LogP contribution < -0.4 is 10.0 Å². The summed E-state index contributed by atoms with van der Waals surface area (Å²) in [6, 6.07) is 7.73. The van der Waals surface area contributed by atoms with E-state index in [4.69, 9.17) is 4.98 Å². The van der Waals surface area contributed by atoms with Crippen LogP contribution in [0.3, 0.4) is 0 Å². The summed E-state index contributed by atoms with van der Waals surface area (Å²) >= 11 is 1.32. The van der Waals surface area contributed by atoms with E-state index in [-0.39, 0.29) is 17.2 Å². The molecule has 14 heteroatoms. The van der Waals surface area contributed by atoms with E-state index in [1.807, 2.05) is 25.5 Å². The Bertz CT molecular complexity index is 1790. The Morgan fingerprint density at radius 1 is 1.07 bits per heavy atom. The summed E-state index contributed by atoms with van der Waals surface area (Å²) in [4.78, 5) is 26.9. The minimum absolute atomic E-state index is 0.0117. The molecule has 5 rings (SSSR count). The van der Waals surface area contributed by atoms with Crippen molar-refractivity contribution < 1.29 is 26.4 Å². The van der Waals surface area contributed by atoms with Gasteiger partial charge in [0.25, 0.3) is 10.0 Å². The van der Waals surface area contributed by atoms with E-state index < -0.39 is 43.5 Å². The highest BCUT2D eigenvalue weighted by Crippen LogP contribution is 2.42. The molecule has 1 saturated heterocycles. The second-order valence-electron chi connectivity index (χ2n) is 11.0. The number of anilines is 2. The van der Waals surface area contributed by atoms with E-state index in [1.54, 1.807) is 17.2 Å². The lowest BCUT2D eigenvalue weighted by Gasteiger charge is -2.15. The zero-order valence-electron chi connectivity index (χ0n) is 23.6. The predicted octanol–water partition coefficient (Wildman–Crippen LogP) is 5.82. The number of nitrogens with one attached hydrogen (secondary N) is 2. The molecule has 0 spiro atoms. The van der Waals surface area contributed by atoms with Gasteiger partial charge in [0.05, 0.1) is 27.0 Å². The highest BCUT2D eigenvalue weighted by Gasteiger charge is 2.28. The number of carbonyl (C=O) groups is 1. The standard InChI is InChI=1S/C29H29F3N6O3S2/c1-29(2,3)27-36-25(26(42-27)21-11-12-33-28(35-21)34-13-15-38-14-5-8-23(38)39)18-6-4-7-20(24(18)32)37-43(40,41)22-16-17(30)9-10-19(22)31/h4,6-7,9-12,16,37H,5,8,13-15H2,1-3H3,(H,33,34,35). The van der Waals surface area contributed by atoms with Gasteiger partial charge >= 0.3 is 0 Å². The molecule has 0 aliphatic carbocycles. The molecule has 226 valence electrons. The average Bonchev–Trinajstić information content (AvgIpc) is 3.58. The Morgan fingerprint density at radius 2 is 1.86 bits per heavy atom. The van der Waals surface area contributed by atoms with Crippen LogP contribution >= 0.6 is 11.3 Å². The fourth-order valence-corrected chi connectivity index (χ4v) is 6.74. The quantitative estimate of drug-likeness (QED) is 0.240. The Kier molecular flexibility index (Phi) is 8.43. The molecule has 1 aliphatic rings. The second-order valence-corrected chi connectivity index (χ2v) is 13.6. The van der Waals surface area contributed by atoms with E-state index in [2.05, 4.69) is 15.3 Å². The average molecular weight is 631 g/mol. The molecule has 0 bridgehead atoms. The molecule has 43 heavy (non-hydrogen) atoms. The number of rotatable bonds is 9. The van der Waals surface area contributed by atoms with Gasteiger partial charge in [0.1, 0.15) is 16.5 Å². The monoisotopic (exact) mass is 630 g/mol. The summed E-state index contributed by atoms with van der Waals surface area (Å²) in [6.07, 6.45) is 2.95. The molecular formula is C29H29F3N6O3S2. The highest BCUT2D eigenvalue weighted by atomic mass is 32.2. The normalized spacial score (nSPS) is 13.9. The van der Waals surface area contributed by atoms with Gasteiger partial charge in [-0.2, -0.15) is 0 Å². The first-order valence-electron chi connectivity index (χ1n) is 13.5. The van der Waals surface area contributed by atoms with Gasteiger partial charge in [-0.25, -0.2) is 36.5 Å². The maximum Gasteiger partial charge on any atom is 0.265 e. The fraction of sp³-hybridized carbons (Fsp3) is 0.310. The SMILES string of the molecule is CC(C)(C)c1nc(-c2cccc(NS(=O)(=O)c3cc(F)ccc3F)c2F)c(-c2ccnc(NCCN3CCCC3=O)n2)s1. The minimum atomic E-state index is -4.67. The number of sulfonamides is 1. The van der Waals surface area contributed by atoms with Crippen LogP contribution in [0.15, 0.2) is 53.6 Å². The molecule has 2 aromatic carbocycles. The molecule has 0 saturated carbocycles. The van der Waals surface area contributed by atoms with Crippen LogP contribution in [0.1, 0.15) is 38.6 Å². The Morgan fingerprint density at radius 3 is 2.58 bits per heavy atom. The number of thiazole rings is 1. The molecule has 0 radical (unpaired) electrons. The molecule has 1 aliphatic heterocycles. The number of likely N-dealkylation sites (tertiary alicyclic amines) is 1. The summed E-state index contributed by atoms with van der Waals surface area (Å²) in [6.45, 7) is 7.56. The number of nitrogens with zero attached hydrogens (tertiary/aromatic N) is 4. The molecule has 0 unspecified atom stereocenters. The molecule has 2 aromatic heterocycles. The third kappa shape index (κ3) is 6.64. The molecule has 1 fully saturated rings. The van der Waals surface area contributed by atoms with E-state index in [9.17, 15) is 22.0 Å². The number of halogens is 3. The first kappa shape index (κ1) is 30.4. The zero-order chi connectivity index (χ0) is 30.9. The summed E-state index contributed by atoms with van der Waals surface area (Å²) in [5.74, 6) is -2.64. The van der Waals surface area contributed by atoms with Crippen molar-refractivity contribution in [1.29, 1.82) is 0 Å². The third-order valence-corrected chi connectivity index (χ3v) is 9.56. The van der Waals surface area contributed by atoms with E-state index in [0.29, 0.717) is 53.2 Å². The molecule has 0 atom stereocenters. The number of benzene rings is 2. The molecular weight excluding hydrogens is 601 g/mol. The van der Waals surface area contributed by atoms with E-state index >= 15 is 4.39 Å². The van der Waals surface area contributed by atoms with Gasteiger partial charge in [0.2, 0.25) is 11.9 Å². The fourth-order valence-electron chi connectivity index (χ4n) is 4.49. The lowest BCUT2D eigenvalue weighted by atomic mass is 9.98. The predicted molar refractivity (Wildman–Crippen MR) is 159 cm³/mol. The van der Waals surface area contributed by atoms with Gasteiger partial charge in [-0.3, -0.25) is 9.52 Å². The number of amides is 1. The van der Waals surface area contributed by atoms with Gasteiger partial charge in [0.15, 0.2) is 5.82 Å². The van der Waals surface area contributed by atoms with Crippen LogP contribution in [0.25, 0.3) is 21.8 Å². The van der Waals surface area contributed by atoms with Gasteiger partial charge in [-0.05, 0) is 42.8 Å². The van der Waals surface area contributed by atoms with Crippen LogP contribution in [-0.2, 0) is 20.2 Å². The maximum absolute atomic E-state index is 16.0. The number of aromatic nitrogens is 3.